The van der Waals surface area contributed by atoms with Gasteiger partial charge in [0, 0.05) is 33.9 Å². The Hall–Kier alpha value is -0.870. The van der Waals surface area contributed by atoms with Gasteiger partial charge in [-0.15, -0.1) is 0 Å². The van der Waals surface area contributed by atoms with Crippen molar-refractivity contribution in [2.75, 3.05) is 18.1 Å². The number of hydrogen-bond donors (Lipinski definition) is 1. The molecule has 16 heavy (non-hydrogen) atoms. The second-order valence-electron chi connectivity index (χ2n) is 3.47. The molecule has 0 fully saturated rings. The quantitative estimate of drug-likeness (QED) is 0.827. The summed E-state index contributed by atoms with van der Waals surface area (Å²) in [6.45, 7) is 4.45. The van der Waals surface area contributed by atoms with Gasteiger partial charge in [-0.25, -0.2) is 0 Å². The minimum absolute atomic E-state index is 0.219. The van der Waals surface area contributed by atoms with Crippen molar-refractivity contribution >= 4 is 10.8 Å². The van der Waals surface area contributed by atoms with E-state index in [1.807, 2.05) is 38.1 Å². The van der Waals surface area contributed by atoms with Gasteiger partial charge in [-0.1, -0.05) is 25.1 Å². The van der Waals surface area contributed by atoms with Gasteiger partial charge in [0.05, 0.1) is 6.61 Å². The summed E-state index contributed by atoms with van der Waals surface area (Å²) in [6, 6.07) is 7.45. The van der Waals surface area contributed by atoms with E-state index in [4.69, 9.17) is 10.5 Å². The van der Waals surface area contributed by atoms with Crippen LogP contribution < -0.4 is 10.5 Å². The molecule has 1 aromatic carbocycles. The fourth-order valence-corrected chi connectivity index (χ4v) is 2.30. The van der Waals surface area contributed by atoms with Crippen LogP contribution in [0.3, 0.4) is 0 Å². The maximum absolute atomic E-state index is 11.5. The molecule has 90 valence electrons. The summed E-state index contributed by atoms with van der Waals surface area (Å²) in [4.78, 5) is 0. The number of nitrogens with two attached hydrogens (primary N) is 1. The number of hydrogen-bond acceptors (Lipinski definition) is 3. The van der Waals surface area contributed by atoms with E-state index in [0.717, 1.165) is 11.3 Å². The lowest BCUT2D eigenvalue weighted by Crippen LogP contribution is -2.20. The Labute approximate surface area is 99.4 Å². The monoisotopic (exact) mass is 241 g/mol. The molecular formula is C12H19NO2S. The molecule has 4 heteroatoms. The molecule has 0 heterocycles. The normalized spacial score (nSPS) is 14.4. The average Bonchev–Trinajstić information content (AvgIpc) is 2.30. The van der Waals surface area contributed by atoms with Crippen LogP contribution in [0.2, 0.25) is 0 Å². The Morgan fingerprint density at radius 2 is 2.06 bits per heavy atom. The summed E-state index contributed by atoms with van der Waals surface area (Å²) in [7, 11) is -0.850. The summed E-state index contributed by atoms with van der Waals surface area (Å²) in [5.41, 5.74) is 6.97. The van der Waals surface area contributed by atoms with Gasteiger partial charge in [0.15, 0.2) is 0 Å². The Bertz CT molecular complexity index is 355. The molecule has 1 rings (SSSR count). The van der Waals surface area contributed by atoms with Crippen LogP contribution in [0.25, 0.3) is 0 Å². The van der Waals surface area contributed by atoms with Crippen LogP contribution in [0.15, 0.2) is 24.3 Å². The topological polar surface area (TPSA) is 52.3 Å². The standard InChI is InChI=1S/C12H19NO2S/c1-3-15-12-8-6-5-7-10(12)11(13)9-16(14)4-2/h5-8,11H,3-4,9,13H2,1-2H3. The molecule has 0 aliphatic heterocycles. The predicted octanol–water partition coefficient (Wildman–Crippen LogP) is 1.85. The molecule has 0 amide bonds. The third-order valence-corrected chi connectivity index (χ3v) is 3.68. The van der Waals surface area contributed by atoms with Crippen LogP contribution in [0.1, 0.15) is 25.5 Å². The summed E-state index contributed by atoms with van der Waals surface area (Å²) < 4.78 is 16.9. The van der Waals surface area contributed by atoms with Crippen LogP contribution in [0, 0.1) is 0 Å². The molecule has 0 aromatic heterocycles. The van der Waals surface area contributed by atoms with Crippen molar-refractivity contribution in [1.29, 1.82) is 0 Å². The molecule has 3 nitrogen and oxygen atoms in total. The van der Waals surface area contributed by atoms with Crippen LogP contribution in [0.5, 0.6) is 5.75 Å². The first-order valence-electron chi connectivity index (χ1n) is 5.51. The van der Waals surface area contributed by atoms with E-state index in [9.17, 15) is 4.21 Å². The molecule has 2 N–H and O–H groups in total. The fourth-order valence-electron chi connectivity index (χ4n) is 1.48. The number of para-hydroxylation sites is 1. The third kappa shape index (κ3) is 3.61. The Kier molecular flexibility index (Phi) is 5.49. The maximum Gasteiger partial charge on any atom is 0.124 e. The van der Waals surface area contributed by atoms with Gasteiger partial charge >= 0.3 is 0 Å². The van der Waals surface area contributed by atoms with Gasteiger partial charge in [0.1, 0.15) is 5.75 Å². The van der Waals surface area contributed by atoms with Crippen molar-refractivity contribution < 1.29 is 8.95 Å². The Morgan fingerprint density at radius 1 is 1.38 bits per heavy atom. The maximum atomic E-state index is 11.5. The van der Waals surface area contributed by atoms with Crippen molar-refractivity contribution in [3.05, 3.63) is 29.8 Å². The van der Waals surface area contributed by atoms with Crippen LogP contribution >= 0.6 is 0 Å². The van der Waals surface area contributed by atoms with E-state index in [1.165, 1.54) is 0 Å². The first kappa shape index (κ1) is 13.2. The van der Waals surface area contributed by atoms with Crippen molar-refractivity contribution in [3.8, 4) is 5.75 Å². The molecule has 1 aromatic rings. The molecule has 0 aliphatic rings. The van der Waals surface area contributed by atoms with Crippen molar-refractivity contribution in [2.45, 2.75) is 19.9 Å². The van der Waals surface area contributed by atoms with E-state index in [1.54, 1.807) is 0 Å². The first-order chi connectivity index (χ1) is 7.69. The average molecular weight is 241 g/mol. The molecule has 0 radical (unpaired) electrons. The van der Waals surface area contributed by atoms with E-state index in [0.29, 0.717) is 18.1 Å². The summed E-state index contributed by atoms with van der Waals surface area (Å²) in [6.07, 6.45) is 0. The Morgan fingerprint density at radius 3 is 2.69 bits per heavy atom. The van der Waals surface area contributed by atoms with Crippen molar-refractivity contribution in [2.24, 2.45) is 5.73 Å². The highest BCUT2D eigenvalue weighted by Gasteiger charge is 2.13. The van der Waals surface area contributed by atoms with Gasteiger partial charge in [-0.2, -0.15) is 0 Å². The van der Waals surface area contributed by atoms with Gasteiger partial charge in [-0.05, 0) is 13.0 Å². The third-order valence-electron chi connectivity index (χ3n) is 2.31. The summed E-state index contributed by atoms with van der Waals surface area (Å²) in [5, 5.41) is 0. The summed E-state index contributed by atoms with van der Waals surface area (Å²) >= 11 is 0. The zero-order valence-electron chi connectivity index (χ0n) is 9.81. The predicted molar refractivity (Wildman–Crippen MR) is 68.1 cm³/mol. The zero-order chi connectivity index (χ0) is 12.0. The molecule has 0 saturated carbocycles. The lowest BCUT2D eigenvalue weighted by Gasteiger charge is -2.15. The van der Waals surface area contributed by atoms with Gasteiger partial charge in [-0.3, -0.25) is 4.21 Å². The minimum Gasteiger partial charge on any atom is -0.494 e. The van der Waals surface area contributed by atoms with Crippen LogP contribution in [-0.4, -0.2) is 22.3 Å². The largest absolute Gasteiger partial charge is 0.494 e. The minimum atomic E-state index is -0.850. The van der Waals surface area contributed by atoms with Gasteiger partial charge in [0.25, 0.3) is 0 Å². The fraction of sp³-hybridized carbons (Fsp3) is 0.500. The first-order valence-corrected chi connectivity index (χ1v) is 7.00. The molecule has 0 saturated heterocycles. The zero-order valence-corrected chi connectivity index (χ0v) is 10.6. The molecule has 2 atom stereocenters. The molecule has 0 spiro atoms. The van der Waals surface area contributed by atoms with Crippen molar-refractivity contribution in [3.63, 3.8) is 0 Å². The highest BCUT2D eigenvalue weighted by atomic mass is 32.2. The highest BCUT2D eigenvalue weighted by molar-refractivity contribution is 7.84. The van der Waals surface area contributed by atoms with Gasteiger partial charge < -0.3 is 10.5 Å². The van der Waals surface area contributed by atoms with Gasteiger partial charge in [0.2, 0.25) is 0 Å². The second kappa shape index (κ2) is 6.66. The number of ether oxygens (including phenoxy) is 1. The Balaban J connectivity index is 2.81. The van der Waals surface area contributed by atoms with Crippen molar-refractivity contribution in [1.82, 2.24) is 0 Å². The smallest absolute Gasteiger partial charge is 0.124 e. The van der Waals surface area contributed by atoms with Crippen LogP contribution in [0.4, 0.5) is 0 Å². The molecule has 0 aliphatic carbocycles. The second-order valence-corrected chi connectivity index (χ2v) is 5.26. The molecular weight excluding hydrogens is 222 g/mol. The summed E-state index contributed by atoms with van der Waals surface area (Å²) in [5.74, 6) is 1.93. The molecule has 2 unspecified atom stereocenters. The number of rotatable bonds is 6. The van der Waals surface area contributed by atoms with E-state index < -0.39 is 10.8 Å². The lowest BCUT2D eigenvalue weighted by molar-refractivity contribution is 0.335. The highest BCUT2D eigenvalue weighted by Crippen LogP contribution is 2.24. The SMILES string of the molecule is CCOc1ccccc1C(N)CS(=O)CC. The van der Waals surface area contributed by atoms with E-state index in [2.05, 4.69) is 0 Å². The lowest BCUT2D eigenvalue weighted by atomic mass is 10.1. The van der Waals surface area contributed by atoms with E-state index >= 15 is 0 Å². The van der Waals surface area contributed by atoms with Crippen LogP contribution in [-0.2, 0) is 10.8 Å². The van der Waals surface area contributed by atoms with E-state index in [-0.39, 0.29) is 6.04 Å². The molecule has 0 bridgehead atoms. The number of benzene rings is 1.